The zero-order valence-corrected chi connectivity index (χ0v) is 12.1. The molecule has 0 atom stereocenters. The number of rotatable bonds is 10. The molecule has 0 aromatic rings. The van der Waals surface area contributed by atoms with Gasteiger partial charge in [0.2, 0.25) is 0 Å². The maximum Gasteiger partial charge on any atom is 0.325 e. The van der Waals surface area contributed by atoms with E-state index in [0.717, 1.165) is 0 Å². The number of carbonyl (C=O) groups excluding carboxylic acids is 2. The summed E-state index contributed by atoms with van der Waals surface area (Å²) >= 11 is 0. The summed E-state index contributed by atoms with van der Waals surface area (Å²) in [6.07, 6.45) is 9.53. The Hall–Kier alpha value is -2.54. The van der Waals surface area contributed by atoms with Gasteiger partial charge in [0.25, 0.3) is 0 Å². The first kappa shape index (κ1) is 18.5. The van der Waals surface area contributed by atoms with Gasteiger partial charge in [-0.05, 0) is 18.4 Å². The maximum absolute atomic E-state index is 12.3. The first-order valence-electron chi connectivity index (χ1n) is 6.28. The topological polar surface area (TPSA) is 52.6 Å². The SMILES string of the molecule is C#CCOC(=O)C(CC=C)(CC=C)C(=O)OCC(=C)C=C. The van der Waals surface area contributed by atoms with E-state index >= 15 is 0 Å². The van der Waals surface area contributed by atoms with Crippen molar-refractivity contribution in [3.8, 4) is 12.3 Å². The van der Waals surface area contributed by atoms with Crippen molar-refractivity contribution in [2.24, 2.45) is 5.41 Å². The summed E-state index contributed by atoms with van der Waals surface area (Å²) in [7, 11) is 0. The molecule has 0 radical (unpaired) electrons. The number of allylic oxidation sites excluding steroid dienone is 2. The van der Waals surface area contributed by atoms with E-state index in [9.17, 15) is 9.59 Å². The minimum absolute atomic E-state index is 0.0548. The van der Waals surface area contributed by atoms with Gasteiger partial charge in [-0.3, -0.25) is 9.59 Å². The highest BCUT2D eigenvalue weighted by atomic mass is 16.6. The van der Waals surface area contributed by atoms with Crippen LogP contribution in [0.5, 0.6) is 0 Å². The van der Waals surface area contributed by atoms with Crippen LogP contribution in [0, 0.1) is 17.8 Å². The van der Waals surface area contributed by atoms with Gasteiger partial charge >= 0.3 is 11.9 Å². The Kier molecular flexibility index (Phi) is 8.24. The molecule has 21 heavy (non-hydrogen) atoms. The summed E-state index contributed by atoms with van der Waals surface area (Å²) in [5.74, 6) is 0.695. The van der Waals surface area contributed by atoms with E-state index in [1.54, 1.807) is 0 Å². The van der Waals surface area contributed by atoms with Gasteiger partial charge in [0.15, 0.2) is 12.0 Å². The normalized spacial score (nSPS) is 9.86. The lowest BCUT2D eigenvalue weighted by Gasteiger charge is -2.27. The number of hydrogen-bond donors (Lipinski definition) is 0. The summed E-state index contributed by atoms with van der Waals surface area (Å²) in [6, 6.07) is 0. The van der Waals surface area contributed by atoms with Crippen molar-refractivity contribution in [3.05, 3.63) is 50.1 Å². The van der Waals surface area contributed by atoms with Crippen molar-refractivity contribution in [1.82, 2.24) is 0 Å². The van der Waals surface area contributed by atoms with Gasteiger partial charge in [-0.25, -0.2) is 0 Å². The number of ether oxygens (including phenoxy) is 2. The molecule has 0 aliphatic carbocycles. The molecule has 0 N–H and O–H groups in total. The lowest BCUT2D eigenvalue weighted by Crippen LogP contribution is -2.41. The fourth-order valence-corrected chi connectivity index (χ4v) is 1.59. The van der Waals surface area contributed by atoms with E-state index in [-0.39, 0.29) is 26.1 Å². The number of carbonyl (C=O) groups is 2. The monoisotopic (exact) mass is 288 g/mol. The molecule has 0 aromatic carbocycles. The van der Waals surface area contributed by atoms with Gasteiger partial charge in [0, 0.05) is 0 Å². The molecule has 0 heterocycles. The standard InChI is InChI=1S/C17H20O4/c1-6-10-17(11-7-2,15(18)20-12-8-3)16(19)21-13-14(5)9-4/h3,6-7,9H,1-2,4-5,10-13H2. The molecule has 0 unspecified atom stereocenters. The van der Waals surface area contributed by atoms with Crippen molar-refractivity contribution < 1.29 is 19.1 Å². The summed E-state index contributed by atoms with van der Waals surface area (Å²) in [5, 5.41) is 0. The van der Waals surface area contributed by atoms with Crippen LogP contribution in [0.2, 0.25) is 0 Å². The van der Waals surface area contributed by atoms with Crippen molar-refractivity contribution >= 4 is 11.9 Å². The van der Waals surface area contributed by atoms with Gasteiger partial charge in [-0.2, -0.15) is 0 Å². The molecule has 0 aliphatic rings. The molecule has 4 nitrogen and oxygen atoms in total. The Morgan fingerprint density at radius 3 is 2.05 bits per heavy atom. The van der Waals surface area contributed by atoms with E-state index in [2.05, 4.69) is 32.2 Å². The maximum atomic E-state index is 12.3. The molecule has 0 bridgehead atoms. The van der Waals surface area contributed by atoms with Crippen molar-refractivity contribution in [1.29, 1.82) is 0 Å². The van der Waals surface area contributed by atoms with Gasteiger partial charge in [-0.1, -0.05) is 37.3 Å². The van der Waals surface area contributed by atoms with E-state index < -0.39 is 17.4 Å². The van der Waals surface area contributed by atoms with Crippen LogP contribution in [0.1, 0.15) is 12.8 Å². The molecule has 0 saturated heterocycles. The average Bonchev–Trinajstić information content (AvgIpc) is 2.49. The van der Waals surface area contributed by atoms with Crippen LogP contribution >= 0.6 is 0 Å². The van der Waals surface area contributed by atoms with Crippen LogP contribution in [0.3, 0.4) is 0 Å². The van der Waals surface area contributed by atoms with Gasteiger partial charge in [-0.15, -0.1) is 19.6 Å². The minimum atomic E-state index is -1.53. The fourth-order valence-electron chi connectivity index (χ4n) is 1.59. The first-order valence-corrected chi connectivity index (χ1v) is 6.28. The summed E-state index contributed by atoms with van der Waals surface area (Å²) in [6.45, 7) is 14.0. The van der Waals surface area contributed by atoms with E-state index in [0.29, 0.717) is 5.57 Å². The molecule has 0 spiro atoms. The van der Waals surface area contributed by atoms with Crippen LogP contribution in [0.25, 0.3) is 0 Å². The third kappa shape index (κ3) is 5.15. The summed E-state index contributed by atoms with van der Waals surface area (Å²) in [4.78, 5) is 24.5. The molecule has 0 saturated carbocycles. The molecule has 0 fully saturated rings. The highest BCUT2D eigenvalue weighted by Crippen LogP contribution is 2.31. The average molecular weight is 288 g/mol. The fraction of sp³-hybridized carbons (Fsp3) is 0.294. The minimum Gasteiger partial charge on any atom is -0.460 e. The zero-order valence-electron chi connectivity index (χ0n) is 12.1. The largest absolute Gasteiger partial charge is 0.460 e. The highest BCUT2D eigenvalue weighted by molar-refractivity contribution is 6.00. The predicted molar refractivity (Wildman–Crippen MR) is 82.1 cm³/mol. The van der Waals surface area contributed by atoms with Crippen LogP contribution in [-0.4, -0.2) is 25.2 Å². The van der Waals surface area contributed by atoms with Crippen LogP contribution in [-0.2, 0) is 19.1 Å². The molecular weight excluding hydrogens is 268 g/mol. The molecule has 0 amide bonds. The molecule has 4 heteroatoms. The molecule has 0 aromatic heterocycles. The van der Waals surface area contributed by atoms with Crippen LogP contribution < -0.4 is 0 Å². The zero-order chi connectivity index (χ0) is 16.3. The van der Waals surface area contributed by atoms with Crippen molar-refractivity contribution in [2.45, 2.75) is 12.8 Å². The molecule has 112 valence electrons. The first-order chi connectivity index (χ1) is 9.98. The van der Waals surface area contributed by atoms with Crippen LogP contribution in [0.4, 0.5) is 0 Å². The van der Waals surface area contributed by atoms with E-state index in [1.165, 1.54) is 18.2 Å². The van der Waals surface area contributed by atoms with Gasteiger partial charge < -0.3 is 9.47 Å². The molecule has 0 rings (SSSR count). The van der Waals surface area contributed by atoms with E-state index in [4.69, 9.17) is 15.9 Å². The van der Waals surface area contributed by atoms with Gasteiger partial charge in [0.05, 0.1) is 0 Å². The Bertz CT molecular complexity index is 470. The number of hydrogen-bond acceptors (Lipinski definition) is 4. The van der Waals surface area contributed by atoms with E-state index in [1.807, 2.05) is 0 Å². The summed E-state index contributed by atoms with van der Waals surface area (Å²) < 4.78 is 10.0. The highest BCUT2D eigenvalue weighted by Gasteiger charge is 2.47. The number of terminal acetylenes is 1. The number of esters is 2. The third-order valence-electron chi connectivity index (χ3n) is 2.73. The Morgan fingerprint density at radius 2 is 1.62 bits per heavy atom. The molecule has 0 aliphatic heterocycles. The Balaban J connectivity index is 5.29. The van der Waals surface area contributed by atoms with Crippen LogP contribution in [0.15, 0.2) is 50.1 Å². The lowest BCUT2D eigenvalue weighted by atomic mass is 9.81. The van der Waals surface area contributed by atoms with Crippen molar-refractivity contribution in [2.75, 3.05) is 13.2 Å². The second-order valence-corrected chi connectivity index (χ2v) is 4.29. The van der Waals surface area contributed by atoms with Gasteiger partial charge in [0.1, 0.15) is 6.61 Å². The van der Waals surface area contributed by atoms with Crippen molar-refractivity contribution in [3.63, 3.8) is 0 Å². The second kappa shape index (κ2) is 9.38. The smallest absolute Gasteiger partial charge is 0.325 e. The lowest BCUT2D eigenvalue weighted by molar-refractivity contribution is -0.170. The Labute approximate surface area is 125 Å². The predicted octanol–water partition coefficient (Wildman–Crippen LogP) is 2.59. The third-order valence-corrected chi connectivity index (χ3v) is 2.73. The second-order valence-electron chi connectivity index (χ2n) is 4.29. The summed E-state index contributed by atoms with van der Waals surface area (Å²) in [5.41, 5.74) is -1.01. The Morgan fingerprint density at radius 1 is 1.10 bits per heavy atom. The molecular formula is C17H20O4. The quantitative estimate of drug-likeness (QED) is 0.204.